The van der Waals surface area contributed by atoms with Gasteiger partial charge in [0.1, 0.15) is 6.61 Å². The number of hydrogen-bond donors (Lipinski definition) is 2. The lowest BCUT2D eigenvalue weighted by Gasteiger charge is -2.16. The Bertz CT molecular complexity index is 527. The highest BCUT2D eigenvalue weighted by atomic mass is 16.3. The molecule has 0 saturated heterocycles. The molecule has 2 N–H and O–H groups in total. The molecule has 2 aromatic rings. The highest BCUT2D eigenvalue weighted by Gasteiger charge is 2.12. The third-order valence-electron chi connectivity index (χ3n) is 2.72. The summed E-state index contributed by atoms with van der Waals surface area (Å²) >= 11 is 0. The summed E-state index contributed by atoms with van der Waals surface area (Å²) in [6.45, 7) is 3.23. The van der Waals surface area contributed by atoms with Gasteiger partial charge < -0.3 is 10.2 Å². The van der Waals surface area contributed by atoms with Crippen molar-refractivity contribution in [3.63, 3.8) is 0 Å². The molecule has 0 saturated carbocycles. The van der Waals surface area contributed by atoms with Crippen LogP contribution in [0.1, 0.15) is 29.8 Å². The van der Waals surface area contributed by atoms with Crippen molar-refractivity contribution >= 4 is 5.78 Å². The standard InChI is InChI=1S/C10H14O.C8H8O2/c1-10(2,11)8-9-6-4-3-5-7-9;9-6-8(10)7-4-2-1-3-5-7/h3-7,11H,8H2,1-2H3;1-5,9H,6H2. The van der Waals surface area contributed by atoms with Crippen LogP contribution in [0.2, 0.25) is 0 Å². The first-order valence-electron chi connectivity index (χ1n) is 6.88. The summed E-state index contributed by atoms with van der Waals surface area (Å²) in [6.07, 6.45) is 0.716. The van der Waals surface area contributed by atoms with Gasteiger partial charge >= 0.3 is 0 Å². The van der Waals surface area contributed by atoms with Gasteiger partial charge in [-0.25, -0.2) is 0 Å². The second-order valence-corrected chi connectivity index (χ2v) is 5.42. The van der Waals surface area contributed by atoms with E-state index in [-0.39, 0.29) is 5.78 Å². The van der Waals surface area contributed by atoms with E-state index in [0.29, 0.717) is 12.0 Å². The Morgan fingerprint density at radius 1 is 0.952 bits per heavy atom. The van der Waals surface area contributed by atoms with E-state index in [0.717, 1.165) is 0 Å². The zero-order chi connectivity index (χ0) is 15.7. The molecule has 0 amide bonds. The lowest BCUT2D eigenvalue weighted by atomic mass is 9.99. The summed E-state index contributed by atoms with van der Waals surface area (Å²) in [7, 11) is 0. The van der Waals surface area contributed by atoms with Gasteiger partial charge in [0.25, 0.3) is 0 Å². The van der Waals surface area contributed by atoms with Crippen molar-refractivity contribution in [2.45, 2.75) is 25.9 Å². The van der Waals surface area contributed by atoms with Crippen LogP contribution in [0.5, 0.6) is 0 Å². The first-order valence-corrected chi connectivity index (χ1v) is 6.88. The minimum absolute atomic E-state index is 0.236. The van der Waals surface area contributed by atoms with Crippen molar-refractivity contribution in [2.24, 2.45) is 0 Å². The molecular weight excluding hydrogens is 264 g/mol. The summed E-state index contributed by atoms with van der Waals surface area (Å²) in [5.74, 6) is -0.236. The van der Waals surface area contributed by atoms with Gasteiger partial charge in [-0.1, -0.05) is 60.7 Å². The number of benzene rings is 2. The van der Waals surface area contributed by atoms with Crippen molar-refractivity contribution in [1.82, 2.24) is 0 Å². The fourth-order valence-electron chi connectivity index (χ4n) is 1.81. The maximum Gasteiger partial charge on any atom is 0.188 e. The maximum absolute atomic E-state index is 10.8. The molecule has 0 aliphatic carbocycles. The summed E-state index contributed by atoms with van der Waals surface area (Å²) in [4.78, 5) is 10.8. The smallest absolute Gasteiger partial charge is 0.188 e. The summed E-state index contributed by atoms with van der Waals surface area (Å²) in [6, 6.07) is 18.7. The normalized spacial score (nSPS) is 10.5. The van der Waals surface area contributed by atoms with Crippen molar-refractivity contribution in [3.8, 4) is 0 Å². The van der Waals surface area contributed by atoms with Crippen LogP contribution in [0.4, 0.5) is 0 Å². The molecule has 0 unspecified atom stereocenters. The van der Waals surface area contributed by atoms with E-state index in [1.807, 2.05) is 50.2 Å². The van der Waals surface area contributed by atoms with Crippen LogP contribution in [0.25, 0.3) is 0 Å². The SMILES string of the molecule is CC(C)(O)Cc1ccccc1.O=C(CO)c1ccccc1. The van der Waals surface area contributed by atoms with Crippen LogP contribution in [0.3, 0.4) is 0 Å². The van der Waals surface area contributed by atoms with Gasteiger partial charge in [-0.05, 0) is 19.4 Å². The first kappa shape index (κ1) is 17.1. The van der Waals surface area contributed by atoms with Crippen molar-refractivity contribution in [1.29, 1.82) is 0 Å². The second kappa shape index (κ2) is 8.35. The molecule has 3 heteroatoms. The summed E-state index contributed by atoms with van der Waals surface area (Å²) in [5.41, 5.74) is 1.14. The number of Topliss-reactive ketones (excluding diaryl/α,β-unsaturated/α-hetero) is 1. The van der Waals surface area contributed by atoms with E-state index < -0.39 is 12.2 Å². The van der Waals surface area contributed by atoms with Crippen molar-refractivity contribution in [2.75, 3.05) is 6.61 Å². The highest BCUT2D eigenvalue weighted by Crippen LogP contribution is 2.10. The van der Waals surface area contributed by atoms with E-state index in [1.54, 1.807) is 24.3 Å². The number of hydrogen-bond acceptors (Lipinski definition) is 3. The lowest BCUT2D eigenvalue weighted by molar-refractivity contribution is 0.0809. The minimum atomic E-state index is -0.596. The first-order chi connectivity index (χ1) is 9.92. The summed E-state index contributed by atoms with van der Waals surface area (Å²) < 4.78 is 0. The molecule has 0 atom stereocenters. The molecule has 0 aromatic heterocycles. The molecule has 0 radical (unpaired) electrons. The average molecular weight is 286 g/mol. The molecule has 2 aromatic carbocycles. The number of rotatable bonds is 4. The fourth-order valence-corrected chi connectivity index (χ4v) is 1.81. The Morgan fingerprint density at radius 3 is 1.86 bits per heavy atom. The van der Waals surface area contributed by atoms with Crippen LogP contribution >= 0.6 is 0 Å². The zero-order valence-corrected chi connectivity index (χ0v) is 12.5. The van der Waals surface area contributed by atoms with Crippen LogP contribution in [-0.4, -0.2) is 28.2 Å². The molecule has 112 valence electrons. The van der Waals surface area contributed by atoms with Gasteiger partial charge in [0.05, 0.1) is 5.60 Å². The van der Waals surface area contributed by atoms with Gasteiger partial charge in [-0.2, -0.15) is 0 Å². The number of carbonyl (C=O) groups is 1. The molecule has 3 nitrogen and oxygen atoms in total. The number of ketones is 1. The van der Waals surface area contributed by atoms with E-state index in [4.69, 9.17) is 5.11 Å². The van der Waals surface area contributed by atoms with E-state index in [2.05, 4.69) is 0 Å². The largest absolute Gasteiger partial charge is 0.390 e. The number of aliphatic hydroxyl groups excluding tert-OH is 1. The van der Waals surface area contributed by atoms with E-state index in [1.165, 1.54) is 5.56 Å². The minimum Gasteiger partial charge on any atom is -0.390 e. The zero-order valence-electron chi connectivity index (χ0n) is 12.5. The Hall–Kier alpha value is -1.97. The second-order valence-electron chi connectivity index (χ2n) is 5.42. The van der Waals surface area contributed by atoms with Crippen LogP contribution < -0.4 is 0 Å². The predicted molar refractivity (Wildman–Crippen MR) is 84.3 cm³/mol. The molecule has 21 heavy (non-hydrogen) atoms. The van der Waals surface area contributed by atoms with Crippen LogP contribution in [0.15, 0.2) is 60.7 Å². The topological polar surface area (TPSA) is 57.5 Å². The van der Waals surface area contributed by atoms with Gasteiger partial charge in [0.2, 0.25) is 0 Å². The fraction of sp³-hybridized carbons (Fsp3) is 0.278. The van der Waals surface area contributed by atoms with Crippen LogP contribution in [-0.2, 0) is 6.42 Å². The monoisotopic (exact) mass is 286 g/mol. The van der Waals surface area contributed by atoms with Gasteiger partial charge in [0.15, 0.2) is 5.78 Å². The van der Waals surface area contributed by atoms with Gasteiger partial charge in [0, 0.05) is 12.0 Å². The number of carbonyl (C=O) groups excluding carboxylic acids is 1. The molecule has 0 fully saturated rings. The highest BCUT2D eigenvalue weighted by molar-refractivity contribution is 5.96. The Kier molecular flexibility index (Phi) is 6.79. The molecule has 0 aliphatic heterocycles. The lowest BCUT2D eigenvalue weighted by Crippen LogP contribution is -2.21. The molecule has 0 heterocycles. The van der Waals surface area contributed by atoms with E-state index in [9.17, 15) is 9.90 Å². The third-order valence-corrected chi connectivity index (χ3v) is 2.72. The maximum atomic E-state index is 10.8. The van der Waals surface area contributed by atoms with Crippen molar-refractivity contribution in [3.05, 3.63) is 71.8 Å². The van der Waals surface area contributed by atoms with Crippen LogP contribution in [0, 0.1) is 0 Å². The molecule has 0 spiro atoms. The molecular formula is C18H22O3. The number of aliphatic hydroxyl groups is 2. The molecule has 0 aliphatic rings. The molecule has 2 rings (SSSR count). The third kappa shape index (κ3) is 7.40. The van der Waals surface area contributed by atoms with Gasteiger partial charge in [-0.15, -0.1) is 0 Å². The summed E-state index contributed by atoms with van der Waals surface area (Å²) in [5, 5.41) is 17.9. The average Bonchev–Trinajstić information content (AvgIpc) is 2.47. The Labute approximate surface area is 125 Å². The van der Waals surface area contributed by atoms with Gasteiger partial charge in [-0.3, -0.25) is 4.79 Å². The van der Waals surface area contributed by atoms with Crippen molar-refractivity contribution < 1.29 is 15.0 Å². The Balaban J connectivity index is 0.000000211. The Morgan fingerprint density at radius 2 is 1.43 bits per heavy atom. The molecule has 0 bridgehead atoms. The van der Waals surface area contributed by atoms with E-state index >= 15 is 0 Å². The predicted octanol–water partition coefficient (Wildman–Crippen LogP) is 2.86. The quantitative estimate of drug-likeness (QED) is 0.850.